The van der Waals surface area contributed by atoms with Crippen LogP contribution < -0.4 is 10.6 Å². The summed E-state index contributed by atoms with van der Waals surface area (Å²) < 4.78 is 32.3. The number of halogens is 3. The average Bonchev–Trinajstić information content (AvgIpc) is 3.37. The molecule has 28 heavy (non-hydrogen) atoms. The van der Waals surface area contributed by atoms with Crippen LogP contribution in [0.2, 0.25) is 0 Å². The van der Waals surface area contributed by atoms with Gasteiger partial charge in [0.25, 0.3) is 0 Å². The van der Waals surface area contributed by atoms with Gasteiger partial charge in [0, 0.05) is 26.0 Å². The third-order valence-corrected chi connectivity index (χ3v) is 4.76. The number of imidazole rings is 1. The second kappa shape index (κ2) is 11.3. The lowest BCUT2D eigenvalue weighted by Crippen LogP contribution is -2.44. The van der Waals surface area contributed by atoms with Crippen LogP contribution in [0.5, 0.6) is 0 Å². The fraction of sp³-hybridized carbons (Fsp3) is 0.556. The fourth-order valence-corrected chi connectivity index (χ4v) is 3.36. The minimum absolute atomic E-state index is 0. The third kappa shape index (κ3) is 5.90. The maximum Gasteiger partial charge on any atom is 0.319 e. The number of nitrogens with zero attached hydrogens (tertiary/aromatic N) is 4. The molecule has 10 heteroatoms. The Morgan fingerprint density at radius 3 is 2.71 bits per heavy atom. The van der Waals surface area contributed by atoms with Crippen molar-refractivity contribution >= 4 is 29.9 Å². The molecule has 2 aromatic rings. The van der Waals surface area contributed by atoms with Crippen molar-refractivity contribution in [2.24, 2.45) is 4.99 Å². The molecule has 1 unspecified atom stereocenters. The van der Waals surface area contributed by atoms with Gasteiger partial charge in [-0.1, -0.05) is 6.42 Å². The quantitative estimate of drug-likeness (QED) is 0.341. The molecule has 0 aromatic carbocycles. The molecule has 2 N–H and O–H groups in total. The predicted molar refractivity (Wildman–Crippen MR) is 114 cm³/mol. The number of guanidine groups is 1. The van der Waals surface area contributed by atoms with Crippen LogP contribution in [-0.4, -0.2) is 47.1 Å². The van der Waals surface area contributed by atoms with Crippen LogP contribution in [0.1, 0.15) is 43.4 Å². The second-order valence-electron chi connectivity index (χ2n) is 6.46. The zero-order chi connectivity index (χ0) is 19.1. The van der Waals surface area contributed by atoms with Crippen LogP contribution in [0.15, 0.2) is 40.2 Å². The molecule has 0 saturated carbocycles. The van der Waals surface area contributed by atoms with Crippen molar-refractivity contribution in [1.82, 2.24) is 25.1 Å². The van der Waals surface area contributed by atoms with Gasteiger partial charge in [-0.25, -0.2) is 4.98 Å². The largest absolute Gasteiger partial charge is 0.468 e. The molecular weight excluding hydrogens is 481 g/mol. The van der Waals surface area contributed by atoms with Gasteiger partial charge in [-0.3, -0.25) is 14.5 Å². The monoisotopic (exact) mass is 508 g/mol. The summed E-state index contributed by atoms with van der Waals surface area (Å²) in [6, 6.07) is 3.97. The lowest BCUT2D eigenvalue weighted by molar-refractivity contribution is 0.0668. The van der Waals surface area contributed by atoms with Gasteiger partial charge in [-0.2, -0.15) is 8.78 Å². The van der Waals surface area contributed by atoms with Gasteiger partial charge >= 0.3 is 6.55 Å². The number of alkyl halides is 2. The smallest absolute Gasteiger partial charge is 0.319 e. The Kier molecular flexibility index (Phi) is 9.16. The number of hydrogen-bond acceptors (Lipinski definition) is 4. The summed E-state index contributed by atoms with van der Waals surface area (Å²) in [6.07, 6.45) is 7.93. The van der Waals surface area contributed by atoms with Gasteiger partial charge < -0.3 is 15.1 Å². The van der Waals surface area contributed by atoms with E-state index in [-0.39, 0.29) is 42.4 Å². The zero-order valence-electron chi connectivity index (χ0n) is 15.9. The summed E-state index contributed by atoms with van der Waals surface area (Å²) in [4.78, 5) is 10.6. The van der Waals surface area contributed by atoms with E-state index in [9.17, 15) is 8.78 Å². The Morgan fingerprint density at radius 2 is 2.07 bits per heavy atom. The van der Waals surface area contributed by atoms with Gasteiger partial charge in [-0.15, -0.1) is 24.0 Å². The summed E-state index contributed by atoms with van der Waals surface area (Å²) in [7, 11) is 1.65. The molecule has 0 radical (unpaired) electrons. The van der Waals surface area contributed by atoms with E-state index >= 15 is 0 Å². The lowest BCUT2D eigenvalue weighted by Gasteiger charge is -2.33. The summed E-state index contributed by atoms with van der Waals surface area (Å²) in [6.45, 7) is 0.222. The van der Waals surface area contributed by atoms with E-state index in [2.05, 4.69) is 25.5 Å². The lowest BCUT2D eigenvalue weighted by atomic mass is 10.1. The SMILES string of the molecule is CN=C(NCc1nccn1C(F)F)NCC(c1ccco1)N1CCCCC1.I. The van der Waals surface area contributed by atoms with Crippen LogP contribution in [0.3, 0.4) is 0 Å². The number of aromatic nitrogens is 2. The van der Waals surface area contributed by atoms with Crippen LogP contribution in [0, 0.1) is 0 Å². The van der Waals surface area contributed by atoms with Gasteiger partial charge in [0.05, 0.1) is 18.8 Å². The van der Waals surface area contributed by atoms with Crippen LogP contribution >= 0.6 is 24.0 Å². The highest BCUT2D eigenvalue weighted by Crippen LogP contribution is 2.24. The molecule has 3 rings (SSSR count). The van der Waals surface area contributed by atoms with E-state index in [4.69, 9.17) is 4.42 Å². The average molecular weight is 508 g/mol. The van der Waals surface area contributed by atoms with E-state index in [1.807, 2.05) is 12.1 Å². The highest BCUT2D eigenvalue weighted by atomic mass is 127. The highest BCUT2D eigenvalue weighted by Gasteiger charge is 2.24. The Hall–Kier alpha value is -1.69. The molecule has 1 aliphatic rings. The number of hydrogen-bond donors (Lipinski definition) is 2. The molecule has 1 atom stereocenters. The Morgan fingerprint density at radius 1 is 1.29 bits per heavy atom. The maximum absolute atomic E-state index is 12.9. The number of aliphatic imine (C=N–C) groups is 1. The second-order valence-corrected chi connectivity index (χ2v) is 6.46. The van der Waals surface area contributed by atoms with Gasteiger partial charge in [-0.05, 0) is 38.1 Å². The van der Waals surface area contributed by atoms with Crippen molar-refractivity contribution in [2.75, 3.05) is 26.7 Å². The first-order valence-electron chi connectivity index (χ1n) is 9.21. The molecule has 3 heterocycles. The van der Waals surface area contributed by atoms with Crippen LogP contribution in [-0.2, 0) is 6.54 Å². The Balaban J connectivity index is 0.00000280. The summed E-state index contributed by atoms with van der Waals surface area (Å²) in [5, 5.41) is 6.32. The number of rotatable bonds is 7. The first kappa shape index (κ1) is 22.6. The zero-order valence-corrected chi connectivity index (χ0v) is 18.2. The molecule has 0 bridgehead atoms. The topological polar surface area (TPSA) is 70.6 Å². The third-order valence-electron chi connectivity index (χ3n) is 4.76. The number of furan rings is 1. The van der Waals surface area contributed by atoms with Crippen molar-refractivity contribution in [1.29, 1.82) is 0 Å². The van der Waals surface area contributed by atoms with Crippen molar-refractivity contribution < 1.29 is 13.2 Å². The fourth-order valence-electron chi connectivity index (χ4n) is 3.36. The minimum Gasteiger partial charge on any atom is -0.468 e. The van der Waals surface area contributed by atoms with E-state index in [0.29, 0.717) is 12.5 Å². The van der Waals surface area contributed by atoms with Crippen LogP contribution in [0.25, 0.3) is 0 Å². The summed E-state index contributed by atoms with van der Waals surface area (Å²) >= 11 is 0. The molecule has 0 spiro atoms. The van der Waals surface area contributed by atoms with Crippen molar-refractivity contribution in [3.8, 4) is 0 Å². The Bertz CT molecular complexity index is 715. The van der Waals surface area contributed by atoms with E-state index < -0.39 is 6.55 Å². The van der Waals surface area contributed by atoms with Gasteiger partial charge in [0.2, 0.25) is 0 Å². The van der Waals surface area contributed by atoms with E-state index in [0.717, 1.165) is 23.4 Å². The van der Waals surface area contributed by atoms with Crippen molar-refractivity contribution in [2.45, 2.75) is 38.4 Å². The summed E-state index contributed by atoms with van der Waals surface area (Å²) in [5.41, 5.74) is 0. The van der Waals surface area contributed by atoms with Crippen LogP contribution in [0.4, 0.5) is 8.78 Å². The molecule has 7 nitrogen and oxygen atoms in total. The van der Waals surface area contributed by atoms with Crippen molar-refractivity contribution in [3.63, 3.8) is 0 Å². The van der Waals surface area contributed by atoms with E-state index in [1.165, 1.54) is 31.7 Å². The molecule has 0 aliphatic carbocycles. The highest BCUT2D eigenvalue weighted by molar-refractivity contribution is 14.0. The molecule has 156 valence electrons. The predicted octanol–water partition coefficient (Wildman–Crippen LogP) is 3.38. The molecule has 1 saturated heterocycles. The molecule has 1 aliphatic heterocycles. The maximum atomic E-state index is 12.9. The molecule has 0 amide bonds. The summed E-state index contributed by atoms with van der Waals surface area (Å²) in [5.74, 6) is 1.70. The Labute approximate surface area is 180 Å². The minimum atomic E-state index is -2.61. The first-order chi connectivity index (χ1) is 13.2. The molecular formula is C18H27F2IN6O. The van der Waals surface area contributed by atoms with Crippen molar-refractivity contribution in [3.05, 3.63) is 42.4 Å². The van der Waals surface area contributed by atoms with Gasteiger partial charge in [0.1, 0.15) is 11.6 Å². The first-order valence-corrected chi connectivity index (χ1v) is 9.21. The van der Waals surface area contributed by atoms with Gasteiger partial charge in [0.15, 0.2) is 5.96 Å². The normalized spacial score (nSPS) is 16.6. The van der Waals surface area contributed by atoms with E-state index in [1.54, 1.807) is 13.3 Å². The number of likely N-dealkylation sites (tertiary alicyclic amines) is 1. The number of nitrogens with one attached hydrogen (secondary N) is 2. The molecule has 2 aromatic heterocycles. The standard InChI is InChI=1S/C18H26F2N6O.HI/c1-21-18(24-13-16-22-7-10-26(16)17(19)20)23-12-14(15-6-5-11-27-15)25-8-3-2-4-9-25;/h5-7,10-11,14,17H,2-4,8-9,12-13H2,1H3,(H2,21,23,24);1H. The number of piperidine rings is 1. The molecule has 1 fully saturated rings.